The Kier molecular flexibility index (Phi) is 4.78. The molecule has 2 aromatic rings. The fraction of sp³-hybridized carbons (Fsp3) is 0.500. The maximum absolute atomic E-state index is 12.3. The van der Waals surface area contributed by atoms with Crippen LogP contribution in [-0.4, -0.2) is 38.3 Å². The van der Waals surface area contributed by atoms with E-state index >= 15 is 0 Å². The number of likely N-dealkylation sites (N-methyl/N-ethyl adjacent to an activating group) is 1. The molecule has 0 amide bonds. The Balaban J connectivity index is 1.56. The standard InChI is InChI=1S/C26H32N2O3/c1-25(2,3)19-12-21(23-22(13-19)31-26(9-6-10-26)16-28(23)4)17-7-5-8-20(11-17)30-24(29)18-14-27-15-18/h5,7-8,11-13,18,27H,6,9-10,14-16H2,1-4H3. The summed E-state index contributed by atoms with van der Waals surface area (Å²) in [6.07, 6.45) is 3.47. The van der Waals surface area contributed by atoms with E-state index in [1.54, 1.807) is 0 Å². The molecule has 1 saturated carbocycles. The van der Waals surface area contributed by atoms with Gasteiger partial charge in [-0.25, -0.2) is 0 Å². The number of carbonyl (C=O) groups excluding carboxylic acids is 1. The lowest BCUT2D eigenvalue weighted by atomic mass is 9.77. The zero-order valence-corrected chi connectivity index (χ0v) is 19.0. The van der Waals surface area contributed by atoms with Crippen LogP contribution in [0.5, 0.6) is 11.5 Å². The SMILES string of the molecule is CN1CC2(CCC2)Oc2cc(C(C)(C)C)cc(-c3cccc(OC(=O)C4CNC4)c3)c21. The Morgan fingerprint density at radius 1 is 1.19 bits per heavy atom. The van der Waals surface area contributed by atoms with Gasteiger partial charge in [0.25, 0.3) is 0 Å². The molecule has 0 atom stereocenters. The summed E-state index contributed by atoms with van der Waals surface area (Å²) in [5.41, 5.74) is 4.49. The second-order valence-electron chi connectivity index (χ2n) is 10.4. The molecule has 2 aliphatic heterocycles. The van der Waals surface area contributed by atoms with Gasteiger partial charge in [0.1, 0.15) is 17.1 Å². The minimum atomic E-state index is -0.159. The third-order valence-electron chi connectivity index (χ3n) is 6.92. The number of hydrogen-bond acceptors (Lipinski definition) is 5. The molecular weight excluding hydrogens is 388 g/mol. The Morgan fingerprint density at radius 3 is 2.58 bits per heavy atom. The third kappa shape index (κ3) is 3.69. The Morgan fingerprint density at radius 2 is 1.97 bits per heavy atom. The van der Waals surface area contributed by atoms with Crippen LogP contribution < -0.4 is 19.7 Å². The molecule has 0 bridgehead atoms. The first kappa shape index (κ1) is 20.4. The molecule has 2 aromatic carbocycles. The number of rotatable bonds is 3. The van der Waals surface area contributed by atoms with Crippen LogP contribution in [0.2, 0.25) is 0 Å². The molecule has 3 aliphatic rings. The third-order valence-corrected chi connectivity index (χ3v) is 6.92. The summed E-state index contributed by atoms with van der Waals surface area (Å²) < 4.78 is 12.3. The highest BCUT2D eigenvalue weighted by molar-refractivity contribution is 5.86. The van der Waals surface area contributed by atoms with E-state index in [0.717, 1.165) is 42.0 Å². The van der Waals surface area contributed by atoms with E-state index < -0.39 is 0 Å². The summed E-state index contributed by atoms with van der Waals surface area (Å²) >= 11 is 0. The maximum atomic E-state index is 12.3. The average Bonchev–Trinajstić information content (AvgIpc) is 2.63. The van der Waals surface area contributed by atoms with Gasteiger partial charge < -0.3 is 19.7 Å². The van der Waals surface area contributed by atoms with Gasteiger partial charge in [0, 0.05) is 25.7 Å². The number of nitrogens with zero attached hydrogens (tertiary/aromatic N) is 1. The summed E-state index contributed by atoms with van der Waals surface area (Å²) in [4.78, 5) is 14.7. The molecule has 1 N–H and O–H groups in total. The van der Waals surface area contributed by atoms with Crippen molar-refractivity contribution in [1.82, 2.24) is 5.32 Å². The van der Waals surface area contributed by atoms with Gasteiger partial charge in [0.15, 0.2) is 0 Å². The van der Waals surface area contributed by atoms with E-state index in [9.17, 15) is 4.79 Å². The Hall–Kier alpha value is -2.53. The van der Waals surface area contributed by atoms with E-state index in [1.807, 2.05) is 18.2 Å². The predicted molar refractivity (Wildman–Crippen MR) is 123 cm³/mol. The van der Waals surface area contributed by atoms with E-state index in [4.69, 9.17) is 9.47 Å². The molecule has 1 saturated heterocycles. The van der Waals surface area contributed by atoms with Crippen LogP contribution in [0.3, 0.4) is 0 Å². The van der Waals surface area contributed by atoms with Crippen LogP contribution in [0.15, 0.2) is 36.4 Å². The molecule has 2 heterocycles. The molecule has 31 heavy (non-hydrogen) atoms. The van der Waals surface area contributed by atoms with Crippen molar-refractivity contribution >= 4 is 11.7 Å². The number of ether oxygens (including phenoxy) is 2. The fourth-order valence-electron chi connectivity index (χ4n) is 4.72. The first-order valence-electron chi connectivity index (χ1n) is 11.4. The topological polar surface area (TPSA) is 50.8 Å². The smallest absolute Gasteiger partial charge is 0.316 e. The molecular formula is C26H32N2O3. The predicted octanol–water partition coefficient (Wildman–Crippen LogP) is 4.53. The summed E-state index contributed by atoms with van der Waals surface area (Å²) in [5, 5.41) is 3.12. The lowest BCUT2D eigenvalue weighted by Gasteiger charge is -2.49. The van der Waals surface area contributed by atoms with Crippen molar-refractivity contribution in [2.45, 2.75) is 51.0 Å². The fourth-order valence-corrected chi connectivity index (χ4v) is 4.72. The molecule has 0 radical (unpaired) electrons. The van der Waals surface area contributed by atoms with Gasteiger partial charge in [-0.1, -0.05) is 32.9 Å². The average molecular weight is 421 g/mol. The number of hydrogen-bond donors (Lipinski definition) is 1. The summed E-state index contributed by atoms with van der Waals surface area (Å²) in [6.45, 7) is 9.00. The molecule has 2 fully saturated rings. The number of benzene rings is 2. The maximum Gasteiger partial charge on any atom is 0.316 e. The van der Waals surface area contributed by atoms with Gasteiger partial charge in [0.2, 0.25) is 0 Å². The van der Waals surface area contributed by atoms with Gasteiger partial charge in [-0.05, 0) is 60.1 Å². The van der Waals surface area contributed by atoms with Gasteiger partial charge in [-0.2, -0.15) is 0 Å². The van der Waals surface area contributed by atoms with Crippen molar-refractivity contribution in [3.05, 3.63) is 42.0 Å². The van der Waals surface area contributed by atoms with Crippen molar-refractivity contribution < 1.29 is 14.3 Å². The number of fused-ring (bicyclic) bond motifs is 1. The molecule has 5 heteroatoms. The molecule has 1 aliphatic carbocycles. The molecule has 0 aromatic heterocycles. The van der Waals surface area contributed by atoms with Crippen LogP contribution in [0.1, 0.15) is 45.6 Å². The van der Waals surface area contributed by atoms with Crippen LogP contribution in [0.4, 0.5) is 5.69 Å². The van der Waals surface area contributed by atoms with Crippen molar-refractivity contribution in [2.75, 3.05) is 31.6 Å². The first-order valence-corrected chi connectivity index (χ1v) is 11.4. The van der Waals surface area contributed by atoms with Crippen molar-refractivity contribution in [1.29, 1.82) is 0 Å². The number of anilines is 1. The minimum absolute atomic E-state index is 0.00274. The normalized spacial score (nSPS) is 19.8. The van der Waals surface area contributed by atoms with Crippen LogP contribution >= 0.6 is 0 Å². The number of nitrogens with one attached hydrogen (secondary N) is 1. The van der Waals surface area contributed by atoms with Gasteiger partial charge >= 0.3 is 5.97 Å². The van der Waals surface area contributed by atoms with Crippen molar-refractivity contribution in [2.24, 2.45) is 5.92 Å². The molecule has 164 valence electrons. The lowest BCUT2D eigenvalue weighted by Crippen LogP contribution is -2.54. The minimum Gasteiger partial charge on any atom is -0.483 e. The van der Waals surface area contributed by atoms with E-state index in [-0.39, 0.29) is 22.9 Å². The summed E-state index contributed by atoms with van der Waals surface area (Å²) in [6, 6.07) is 12.4. The Bertz CT molecular complexity index is 1020. The van der Waals surface area contributed by atoms with Crippen molar-refractivity contribution in [3.8, 4) is 22.6 Å². The van der Waals surface area contributed by atoms with E-state index in [0.29, 0.717) is 18.8 Å². The zero-order valence-electron chi connectivity index (χ0n) is 19.0. The molecule has 5 nitrogen and oxygen atoms in total. The Labute approximate surface area is 184 Å². The van der Waals surface area contributed by atoms with Gasteiger partial charge in [-0.15, -0.1) is 0 Å². The zero-order chi connectivity index (χ0) is 21.8. The highest BCUT2D eigenvalue weighted by Gasteiger charge is 2.45. The van der Waals surface area contributed by atoms with E-state index in [1.165, 1.54) is 12.0 Å². The van der Waals surface area contributed by atoms with Gasteiger partial charge in [0.05, 0.1) is 18.2 Å². The number of esters is 1. The molecule has 1 spiro atoms. The van der Waals surface area contributed by atoms with Crippen LogP contribution in [-0.2, 0) is 10.2 Å². The highest BCUT2D eigenvalue weighted by Crippen LogP contribution is 2.50. The van der Waals surface area contributed by atoms with Gasteiger partial charge in [-0.3, -0.25) is 4.79 Å². The lowest BCUT2D eigenvalue weighted by molar-refractivity contribution is -0.140. The second-order valence-corrected chi connectivity index (χ2v) is 10.4. The number of carbonyl (C=O) groups is 1. The monoisotopic (exact) mass is 420 g/mol. The summed E-state index contributed by atoms with van der Waals surface area (Å²) in [5.74, 6) is 1.37. The van der Waals surface area contributed by atoms with Crippen molar-refractivity contribution in [3.63, 3.8) is 0 Å². The largest absolute Gasteiger partial charge is 0.483 e. The van der Waals surface area contributed by atoms with Crippen LogP contribution in [0.25, 0.3) is 11.1 Å². The van der Waals surface area contributed by atoms with Crippen LogP contribution in [0, 0.1) is 5.92 Å². The summed E-state index contributed by atoms with van der Waals surface area (Å²) in [7, 11) is 2.16. The first-order chi connectivity index (χ1) is 14.7. The second kappa shape index (κ2) is 7.27. The quantitative estimate of drug-likeness (QED) is 0.584. The molecule has 5 rings (SSSR count). The van der Waals surface area contributed by atoms with E-state index in [2.05, 4.69) is 56.2 Å². The molecule has 0 unspecified atom stereocenters. The highest BCUT2D eigenvalue weighted by atomic mass is 16.5.